The Morgan fingerprint density at radius 2 is 1.76 bits per heavy atom. The highest BCUT2D eigenvalue weighted by Crippen LogP contribution is 2.15. The number of nitrogens with zero attached hydrogens (tertiary/aromatic N) is 1. The molecule has 0 amide bonds. The fourth-order valence-corrected chi connectivity index (χ4v) is 1.52. The van der Waals surface area contributed by atoms with Gasteiger partial charge in [0.15, 0.2) is 0 Å². The first-order chi connectivity index (χ1) is 8.22. The number of hydrogen-bond acceptors (Lipinski definition) is 3. The summed E-state index contributed by atoms with van der Waals surface area (Å²) < 4.78 is 4.65. The van der Waals surface area contributed by atoms with E-state index in [2.05, 4.69) is 22.8 Å². The van der Waals surface area contributed by atoms with Crippen LogP contribution in [-0.4, -0.2) is 26.2 Å². The van der Waals surface area contributed by atoms with Crippen molar-refractivity contribution >= 4 is 11.7 Å². The summed E-state index contributed by atoms with van der Waals surface area (Å²) in [5.41, 5.74) is 1.57. The van der Waals surface area contributed by atoms with Crippen molar-refractivity contribution in [2.45, 2.75) is 0 Å². The fourth-order valence-electron chi connectivity index (χ4n) is 1.52. The Labute approximate surface area is 102 Å². The molecule has 1 rings (SSSR count). The van der Waals surface area contributed by atoms with E-state index in [9.17, 15) is 4.79 Å². The molecule has 17 heavy (non-hydrogen) atoms. The maximum atomic E-state index is 11.3. The predicted octanol–water partition coefficient (Wildman–Crippen LogP) is 2.65. The molecule has 1 aromatic carbocycles. The van der Waals surface area contributed by atoms with Crippen LogP contribution in [0, 0.1) is 0 Å². The summed E-state index contributed by atoms with van der Waals surface area (Å²) in [4.78, 5) is 13.4. The van der Waals surface area contributed by atoms with Gasteiger partial charge in [-0.1, -0.05) is 12.2 Å². The van der Waals surface area contributed by atoms with Gasteiger partial charge in [0.2, 0.25) is 0 Å². The highest BCUT2D eigenvalue weighted by molar-refractivity contribution is 5.89. The standard InChI is InChI=1S/C14H17NO2/c1-4-10-15(11-5-2)13-8-6-12(7-9-13)14(16)17-3/h4-9H,1-2,10-11H2,3H3. The minimum absolute atomic E-state index is 0.324. The van der Waals surface area contributed by atoms with Crippen molar-refractivity contribution in [2.24, 2.45) is 0 Å². The monoisotopic (exact) mass is 231 g/mol. The Hall–Kier alpha value is -2.03. The van der Waals surface area contributed by atoms with Gasteiger partial charge in [0, 0.05) is 18.8 Å². The second kappa shape index (κ2) is 6.53. The molecule has 0 heterocycles. The Bertz CT molecular complexity index is 385. The highest BCUT2D eigenvalue weighted by Gasteiger charge is 2.07. The molecule has 3 heteroatoms. The van der Waals surface area contributed by atoms with E-state index in [4.69, 9.17) is 0 Å². The molecule has 0 fully saturated rings. The van der Waals surface area contributed by atoms with Gasteiger partial charge in [-0.25, -0.2) is 4.79 Å². The summed E-state index contributed by atoms with van der Waals surface area (Å²) in [6.07, 6.45) is 3.66. The summed E-state index contributed by atoms with van der Waals surface area (Å²) in [6, 6.07) is 7.28. The number of carbonyl (C=O) groups excluding carboxylic acids is 1. The van der Waals surface area contributed by atoms with Crippen LogP contribution in [-0.2, 0) is 4.74 Å². The van der Waals surface area contributed by atoms with Crippen LogP contribution in [0.25, 0.3) is 0 Å². The van der Waals surface area contributed by atoms with Crippen molar-refractivity contribution in [2.75, 3.05) is 25.1 Å². The number of carbonyl (C=O) groups is 1. The van der Waals surface area contributed by atoms with Gasteiger partial charge in [-0.05, 0) is 24.3 Å². The Morgan fingerprint density at radius 3 is 2.18 bits per heavy atom. The van der Waals surface area contributed by atoms with E-state index < -0.39 is 0 Å². The number of rotatable bonds is 6. The SMILES string of the molecule is C=CCN(CC=C)c1ccc(C(=O)OC)cc1. The lowest BCUT2D eigenvalue weighted by Gasteiger charge is -2.21. The van der Waals surface area contributed by atoms with Crippen LogP contribution in [0.5, 0.6) is 0 Å². The lowest BCUT2D eigenvalue weighted by molar-refractivity contribution is 0.0601. The number of esters is 1. The van der Waals surface area contributed by atoms with Crippen LogP contribution in [0.15, 0.2) is 49.6 Å². The average Bonchev–Trinajstić information content (AvgIpc) is 2.38. The molecule has 0 aromatic heterocycles. The van der Waals surface area contributed by atoms with Crippen LogP contribution in [0.4, 0.5) is 5.69 Å². The molecule has 0 aliphatic heterocycles. The Kier molecular flexibility index (Phi) is 5.01. The second-order valence-corrected chi connectivity index (χ2v) is 3.52. The number of ether oxygens (including phenoxy) is 1. The smallest absolute Gasteiger partial charge is 0.337 e. The largest absolute Gasteiger partial charge is 0.465 e. The predicted molar refractivity (Wildman–Crippen MR) is 70.4 cm³/mol. The maximum absolute atomic E-state index is 11.3. The van der Waals surface area contributed by atoms with E-state index in [0.29, 0.717) is 5.56 Å². The van der Waals surface area contributed by atoms with Crippen molar-refractivity contribution in [3.8, 4) is 0 Å². The third-order valence-corrected chi connectivity index (χ3v) is 2.35. The van der Waals surface area contributed by atoms with Crippen LogP contribution in [0.3, 0.4) is 0 Å². The first-order valence-corrected chi connectivity index (χ1v) is 5.38. The van der Waals surface area contributed by atoms with Gasteiger partial charge < -0.3 is 9.64 Å². The van der Waals surface area contributed by atoms with Crippen LogP contribution in [0.2, 0.25) is 0 Å². The topological polar surface area (TPSA) is 29.5 Å². The van der Waals surface area contributed by atoms with Crippen LogP contribution >= 0.6 is 0 Å². The van der Waals surface area contributed by atoms with Gasteiger partial charge in [-0.3, -0.25) is 0 Å². The minimum atomic E-state index is -0.324. The zero-order valence-electron chi connectivity index (χ0n) is 10.1. The zero-order chi connectivity index (χ0) is 12.7. The zero-order valence-corrected chi connectivity index (χ0v) is 10.1. The van der Waals surface area contributed by atoms with Crippen molar-refractivity contribution in [1.82, 2.24) is 0 Å². The van der Waals surface area contributed by atoms with Crippen molar-refractivity contribution in [3.05, 3.63) is 55.1 Å². The molecule has 0 aliphatic carbocycles. The number of anilines is 1. The van der Waals surface area contributed by atoms with Gasteiger partial charge in [0.1, 0.15) is 0 Å². The van der Waals surface area contributed by atoms with Crippen molar-refractivity contribution in [1.29, 1.82) is 0 Å². The fraction of sp³-hybridized carbons (Fsp3) is 0.214. The molecule has 0 radical (unpaired) electrons. The Balaban J connectivity index is 2.86. The van der Waals surface area contributed by atoms with Gasteiger partial charge in [-0.15, -0.1) is 13.2 Å². The van der Waals surface area contributed by atoms with Gasteiger partial charge in [-0.2, -0.15) is 0 Å². The molecule has 0 aliphatic rings. The molecule has 0 spiro atoms. The highest BCUT2D eigenvalue weighted by atomic mass is 16.5. The van der Waals surface area contributed by atoms with E-state index in [0.717, 1.165) is 18.8 Å². The molecule has 3 nitrogen and oxygen atoms in total. The van der Waals surface area contributed by atoms with E-state index in [-0.39, 0.29) is 5.97 Å². The van der Waals surface area contributed by atoms with Gasteiger partial charge >= 0.3 is 5.97 Å². The number of hydrogen-bond donors (Lipinski definition) is 0. The molecular formula is C14H17NO2. The molecule has 0 N–H and O–H groups in total. The van der Waals surface area contributed by atoms with Gasteiger partial charge in [0.05, 0.1) is 12.7 Å². The summed E-state index contributed by atoms with van der Waals surface area (Å²) in [5, 5.41) is 0. The van der Waals surface area contributed by atoms with Crippen LogP contribution in [0.1, 0.15) is 10.4 Å². The molecular weight excluding hydrogens is 214 g/mol. The van der Waals surface area contributed by atoms with E-state index in [1.807, 2.05) is 24.3 Å². The third-order valence-electron chi connectivity index (χ3n) is 2.35. The molecule has 0 bridgehead atoms. The lowest BCUT2D eigenvalue weighted by atomic mass is 10.2. The first-order valence-electron chi connectivity index (χ1n) is 5.38. The average molecular weight is 231 g/mol. The summed E-state index contributed by atoms with van der Waals surface area (Å²) in [6.45, 7) is 8.91. The minimum Gasteiger partial charge on any atom is -0.465 e. The molecule has 0 atom stereocenters. The molecule has 0 unspecified atom stereocenters. The maximum Gasteiger partial charge on any atom is 0.337 e. The quantitative estimate of drug-likeness (QED) is 0.557. The molecule has 1 aromatic rings. The lowest BCUT2D eigenvalue weighted by Crippen LogP contribution is -2.23. The number of benzene rings is 1. The Morgan fingerprint density at radius 1 is 1.24 bits per heavy atom. The van der Waals surface area contributed by atoms with E-state index >= 15 is 0 Å². The normalized spacial score (nSPS) is 9.47. The van der Waals surface area contributed by atoms with Crippen molar-refractivity contribution in [3.63, 3.8) is 0 Å². The molecule has 0 saturated heterocycles. The molecule has 0 saturated carbocycles. The third kappa shape index (κ3) is 3.48. The van der Waals surface area contributed by atoms with E-state index in [1.165, 1.54) is 7.11 Å². The summed E-state index contributed by atoms with van der Waals surface area (Å²) in [5.74, 6) is -0.324. The van der Waals surface area contributed by atoms with Gasteiger partial charge in [0.25, 0.3) is 0 Å². The van der Waals surface area contributed by atoms with Crippen LogP contribution < -0.4 is 4.90 Å². The van der Waals surface area contributed by atoms with Crippen molar-refractivity contribution < 1.29 is 9.53 Å². The second-order valence-electron chi connectivity index (χ2n) is 3.52. The summed E-state index contributed by atoms with van der Waals surface area (Å²) in [7, 11) is 1.37. The first kappa shape index (κ1) is 13.0. The molecule has 90 valence electrons. The summed E-state index contributed by atoms with van der Waals surface area (Å²) >= 11 is 0. The van der Waals surface area contributed by atoms with E-state index in [1.54, 1.807) is 12.1 Å². The number of methoxy groups -OCH3 is 1.